The molecule has 0 heterocycles. The third-order valence-electron chi connectivity index (χ3n) is 7.52. The number of benzene rings is 5. The molecule has 0 saturated carbocycles. The predicted molar refractivity (Wildman–Crippen MR) is 187 cm³/mol. The van der Waals surface area contributed by atoms with Crippen molar-refractivity contribution in [1.82, 2.24) is 0 Å². The Morgan fingerprint density at radius 3 is 2.30 bits per heavy atom. The first-order valence-corrected chi connectivity index (χ1v) is 14.5. The van der Waals surface area contributed by atoms with Crippen molar-refractivity contribution in [2.75, 3.05) is 0 Å². The molecule has 0 unspecified atom stereocenters. The molecule has 2 nitrogen and oxygen atoms in total. The molecule has 0 aliphatic carbocycles. The highest BCUT2D eigenvalue weighted by molar-refractivity contribution is 6.14. The van der Waals surface area contributed by atoms with Crippen LogP contribution in [0.5, 0.6) is 0 Å². The lowest BCUT2D eigenvalue weighted by atomic mass is 9.90. The Labute approximate surface area is 254 Å². The van der Waals surface area contributed by atoms with Gasteiger partial charge in [0.1, 0.15) is 0 Å². The third-order valence-corrected chi connectivity index (χ3v) is 7.52. The molecule has 0 atom stereocenters. The topological polar surface area (TPSA) is 49.9 Å². The molecule has 0 aliphatic rings. The number of nitrogens with one attached hydrogen (secondary N) is 1. The van der Waals surface area contributed by atoms with E-state index in [0.717, 1.165) is 56.2 Å². The molecule has 5 aromatic carbocycles. The van der Waals surface area contributed by atoms with E-state index in [1.54, 1.807) is 6.20 Å². The average molecular weight is 557 g/mol. The van der Waals surface area contributed by atoms with E-state index in [9.17, 15) is 5.41 Å². The van der Waals surface area contributed by atoms with Crippen LogP contribution in [-0.4, -0.2) is 5.71 Å². The largest absolute Gasteiger partial charge is 0.404 e. The molecule has 0 saturated heterocycles. The fourth-order valence-electron chi connectivity index (χ4n) is 5.29. The number of nitrogens with two attached hydrogens (primary N) is 1. The van der Waals surface area contributed by atoms with E-state index in [-0.39, 0.29) is 0 Å². The van der Waals surface area contributed by atoms with Gasteiger partial charge in [0.15, 0.2) is 0 Å². The quantitative estimate of drug-likeness (QED) is 0.130. The number of hydrogen-bond acceptors (Lipinski definition) is 2. The maximum absolute atomic E-state index is 9.23. The molecule has 0 amide bonds. The average Bonchev–Trinajstić information content (AvgIpc) is 3.06. The van der Waals surface area contributed by atoms with Crippen molar-refractivity contribution in [2.24, 2.45) is 5.73 Å². The summed E-state index contributed by atoms with van der Waals surface area (Å²) in [5.41, 5.74) is 13.3. The SMILES string of the molecule is C=CC(=C\C=C/CC(/C=C\C)=C/N)/C(=C/C(=N)c1cccc(-c2ccc3ccccc3c2)c1)c1cccc2ccccc12. The second kappa shape index (κ2) is 13.9. The predicted octanol–water partition coefficient (Wildman–Crippen LogP) is 10.6. The highest BCUT2D eigenvalue weighted by Gasteiger charge is 2.12. The summed E-state index contributed by atoms with van der Waals surface area (Å²) in [6, 6.07) is 37.8. The lowest BCUT2D eigenvalue weighted by molar-refractivity contribution is 1.25. The van der Waals surface area contributed by atoms with Crippen LogP contribution in [0.15, 0.2) is 176 Å². The highest BCUT2D eigenvalue weighted by atomic mass is 14.5. The zero-order valence-electron chi connectivity index (χ0n) is 24.5. The zero-order chi connectivity index (χ0) is 30.0. The van der Waals surface area contributed by atoms with Gasteiger partial charge in [-0.3, -0.25) is 0 Å². The van der Waals surface area contributed by atoms with E-state index in [1.165, 1.54) is 10.8 Å². The highest BCUT2D eigenvalue weighted by Crippen LogP contribution is 2.32. The maximum atomic E-state index is 9.23. The van der Waals surface area contributed by atoms with Crippen molar-refractivity contribution < 1.29 is 0 Å². The minimum atomic E-state index is 0.434. The minimum absolute atomic E-state index is 0.434. The van der Waals surface area contributed by atoms with E-state index >= 15 is 0 Å². The summed E-state index contributed by atoms with van der Waals surface area (Å²) in [4.78, 5) is 0. The van der Waals surface area contributed by atoms with Gasteiger partial charge in [-0.15, -0.1) is 0 Å². The Hall–Kier alpha value is -5.47. The molecule has 0 aliphatic heterocycles. The lowest BCUT2D eigenvalue weighted by Gasteiger charge is -2.14. The van der Waals surface area contributed by atoms with Gasteiger partial charge >= 0.3 is 0 Å². The Balaban J connectivity index is 1.56. The van der Waals surface area contributed by atoms with E-state index in [4.69, 9.17) is 5.73 Å². The van der Waals surface area contributed by atoms with Crippen molar-refractivity contribution in [3.8, 4) is 11.1 Å². The molecule has 3 N–H and O–H groups in total. The lowest BCUT2D eigenvalue weighted by Crippen LogP contribution is -1.99. The van der Waals surface area contributed by atoms with Gasteiger partial charge in [-0.05, 0) is 92.7 Å². The number of fused-ring (bicyclic) bond motifs is 2. The van der Waals surface area contributed by atoms with Gasteiger partial charge < -0.3 is 11.1 Å². The van der Waals surface area contributed by atoms with Gasteiger partial charge in [0.2, 0.25) is 0 Å². The van der Waals surface area contributed by atoms with Gasteiger partial charge in [0, 0.05) is 5.56 Å². The fraction of sp³-hybridized carbons (Fsp3) is 0.0488. The van der Waals surface area contributed by atoms with Crippen LogP contribution in [-0.2, 0) is 0 Å². The second-order valence-electron chi connectivity index (χ2n) is 10.3. The van der Waals surface area contributed by atoms with Crippen LogP contribution in [0.1, 0.15) is 24.5 Å². The van der Waals surface area contributed by atoms with E-state index in [0.29, 0.717) is 5.71 Å². The number of allylic oxidation sites excluding steroid dienone is 10. The van der Waals surface area contributed by atoms with Crippen LogP contribution < -0.4 is 5.73 Å². The maximum Gasteiger partial charge on any atom is 0.0618 e. The Morgan fingerprint density at radius 1 is 0.791 bits per heavy atom. The second-order valence-corrected chi connectivity index (χ2v) is 10.3. The number of hydrogen-bond donors (Lipinski definition) is 2. The Bertz CT molecular complexity index is 1940. The summed E-state index contributed by atoms with van der Waals surface area (Å²) >= 11 is 0. The summed E-state index contributed by atoms with van der Waals surface area (Å²) in [6.45, 7) is 6.13. The summed E-state index contributed by atoms with van der Waals surface area (Å²) < 4.78 is 0. The molecular weight excluding hydrogens is 520 g/mol. The first kappa shape index (κ1) is 29.0. The Morgan fingerprint density at radius 2 is 1.51 bits per heavy atom. The molecule has 0 fully saturated rings. The van der Waals surface area contributed by atoms with Crippen LogP contribution in [0.4, 0.5) is 0 Å². The van der Waals surface area contributed by atoms with E-state index in [1.807, 2.05) is 49.4 Å². The van der Waals surface area contributed by atoms with Gasteiger partial charge in [0.05, 0.1) is 5.71 Å². The van der Waals surface area contributed by atoms with Crippen molar-refractivity contribution in [3.63, 3.8) is 0 Å². The van der Waals surface area contributed by atoms with Crippen LogP contribution in [0.2, 0.25) is 0 Å². The molecule has 0 radical (unpaired) electrons. The monoisotopic (exact) mass is 556 g/mol. The van der Waals surface area contributed by atoms with Gasteiger partial charge in [0.25, 0.3) is 0 Å². The first-order valence-electron chi connectivity index (χ1n) is 14.5. The Kier molecular flexibility index (Phi) is 9.41. The molecule has 0 bridgehead atoms. The zero-order valence-corrected chi connectivity index (χ0v) is 24.5. The standard InChI is InChI=1S/C41H36N2/c1-3-13-30(29-42)14-5-6-15-31(4-2)40(39-23-12-19-33-17-9-10-22-38(33)39)28-41(43)37-21-11-20-35(27-37)36-25-24-32-16-7-8-18-34(32)26-36/h3-13,15-29,43H,2,14,42H2,1H3/b6-5-,13-3-,30-29+,31-15+,40-28-,43-41?. The van der Waals surface area contributed by atoms with E-state index in [2.05, 4.69) is 116 Å². The van der Waals surface area contributed by atoms with Crippen LogP contribution in [0.3, 0.4) is 0 Å². The van der Waals surface area contributed by atoms with Gasteiger partial charge in [-0.25, -0.2) is 0 Å². The molecule has 210 valence electrons. The molecule has 2 heteroatoms. The van der Waals surface area contributed by atoms with E-state index < -0.39 is 0 Å². The molecule has 43 heavy (non-hydrogen) atoms. The summed E-state index contributed by atoms with van der Waals surface area (Å²) in [6.07, 6.45) is 16.4. The van der Waals surface area contributed by atoms with Crippen molar-refractivity contribution >= 4 is 32.8 Å². The summed E-state index contributed by atoms with van der Waals surface area (Å²) in [5, 5.41) is 13.9. The van der Waals surface area contributed by atoms with Crippen LogP contribution in [0.25, 0.3) is 38.2 Å². The molecule has 0 aromatic heterocycles. The minimum Gasteiger partial charge on any atom is -0.404 e. The smallest absolute Gasteiger partial charge is 0.0618 e. The van der Waals surface area contributed by atoms with Crippen molar-refractivity contribution in [2.45, 2.75) is 13.3 Å². The molecule has 5 rings (SSSR count). The first-order chi connectivity index (χ1) is 21.1. The molecule has 5 aromatic rings. The van der Waals surface area contributed by atoms with Crippen molar-refractivity contribution in [1.29, 1.82) is 5.41 Å². The number of rotatable bonds is 10. The molecule has 0 spiro atoms. The van der Waals surface area contributed by atoms with Gasteiger partial charge in [-0.2, -0.15) is 0 Å². The molecular formula is C41H36N2. The summed E-state index contributed by atoms with van der Waals surface area (Å²) in [7, 11) is 0. The fourth-order valence-corrected chi connectivity index (χ4v) is 5.29. The van der Waals surface area contributed by atoms with Crippen LogP contribution >= 0.6 is 0 Å². The third kappa shape index (κ3) is 6.89. The van der Waals surface area contributed by atoms with Crippen molar-refractivity contribution in [3.05, 3.63) is 187 Å². The normalized spacial score (nSPS) is 12.9. The van der Waals surface area contributed by atoms with Crippen LogP contribution in [0, 0.1) is 5.41 Å². The summed E-state index contributed by atoms with van der Waals surface area (Å²) in [5.74, 6) is 0. The van der Waals surface area contributed by atoms with Gasteiger partial charge in [-0.1, -0.05) is 140 Å².